The molecule has 8 heteroatoms. The van der Waals surface area contributed by atoms with Crippen molar-refractivity contribution in [3.05, 3.63) is 93.9 Å². The molecule has 0 spiro atoms. The number of rotatable bonds is 9. The van der Waals surface area contributed by atoms with E-state index in [2.05, 4.69) is 21.3 Å². The summed E-state index contributed by atoms with van der Waals surface area (Å²) in [6.07, 6.45) is 0. The Kier molecular flexibility index (Phi) is 7.52. The average molecular weight is 490 g/mol. The molecular formula is C27H27N3O4S. The van der Waals surface area contributed by atoms with Crippen molar-refractivity contribution in [3.8, 4) is 11.5 Å². The van der Waals surface area contributed by atoms with Crippen LogP contribution in [0.5, 0.6) is 11.5 Å². The van der Waals surface area contributed by atoms with Crippen molar-refractivity contribution in [1.82, 2.24) is 4.57 Å². The van der Waals surface area contributed by atoms with Crippen LogP contribution in [0.1, 0.15) is 26.6 Å². The van der Waals surface area contributed by atoms with E-state index < -0.39 is 0 Å². The minimum Gasteiger partial charge on any atom is -0.493 e. The number of thiophene rings is 1. The number of aromatic nitrogens is 1. The summed E-state index contributed by atoms with van der Waals surface area (Å²) in [6.45, 7) is 4.52. The fourth-order valence-electron chi connectivity index (χ4n) is 3.78. The maximum Gasteiger partial charge on any atom is 0.262 e. The van der Waals surface area contributed by atoms with Gasteiger partial charge in [-0.25, -0.2) is 0 Å². The molecule has 2 aromatic carbocycles. The van der Waals surface area contributed by atoms with Crippen LogP contribution in [0.25, 0.3) is 0 Å². The minimum absolute atomic E-state index is 0.173. The van der Waals surface area contributed by atoms with Crippen molar-refractivity contribution in [2.24, 2.45) is 0 Å². The van der Waals surface area contributed by atoms with Crippen molar-refractivity contribution in [3.63, 3.8) is 0 Å². The summed E-state index contributed by atoms with van der Waals surface area (Å²) >= 11 is 1.69. The van der Waals surface area contributed by atoms with Gasteiger partial charge in [0.2, 0.25) is 0 Å². The zero-order chi connectivity index (χ0) is 24.8. The molecule has 180 valence electrons. The van der Waals surface area contributed by atoms with Crippen LogP contribution < -0.4 is 20.1 Å². The Morgan fingerprint density at radius 1 is 0.914 bits per heavy atom. The van der Waals surface area contributed by atoms with Gasteiger partial charge in [0.15, 0.2) is 18.1 Å². The molecule has 2 N–H and O–H groups in total. The van der Waals surface area contributed by atoms with Crippen molar-refractivity contribution < 1.29 is 19.1 Å². The number of hydrogen-bond donors (Lipinski definition) is 2. The van der Waals surface area contributed by atoms with Gasteiger partial charge < -0.3 is 24.7 Å². The lowest BCUT2D eigenvalue weighted by Crippen LogP contribution is -2.20. The number of hydrogen-bond acceptors (Lipinski definition) is 5. The number of amides is 2. The Morgan fingerprint density at radius 2 is 1.66 bits per heavy atom. The third-order valence-electron chi connectivity index (χ3n) is 5.54. The van der Waals surface area contributed by atoms with Crippen LogP contribution >= 0.6 is 11.3 Å². The van der Waals surface area contributed by atoms with Gasteiger partial charge in [-0.3, -0.25) is 9.59 Å². The third kappa shape index (κ3) is 5.91. The Morgan fingerprint density at radius 3 is 2.37 bits per heavy atom. The van der Waals surface area contributed by atoms with Gasteiger partial charge in [0.05, 0.1) is 19.2 Å². The number of benzene rings is 2. The zero-order valence-electron chi connectivity index (χ0n) is 19.8. The molecule has 0 aliphatic carbocycles. The number of para-hydroxylation sites is 2. The van der Waals surface area contributed by atoms with E-state index in [1.165, 1.54) is 4.88 Å². The van der Waals surface area contributed by atoms with Crippen molar-refractivity contribution >= 4 is 34.5 Å². The lowest BCUT2D eigenvalue weighted by Gasteiger charge is -2.12. The Hall–Kier alpha value is -4.04. The molecule has 2 heterocycles. The molecular weight excluding hydrogens is 462 g/mol. The molecule has 35 heavy (non-hydrogen) atoms. The Balaban J connectivity index is 1.38. The van der Waals surface area contributed by atoms with Gasteiger partial charge in [0.1, 0.15) is 0 Å². The first kappa shape index (κ1) is 24.1. The molecule has 0 fully saturated rings. The Bertz CT molecular complexity index is 1330. The van der Waals surface area contributed by atoms with Crippen LogP contribution in [0, 0.1) is 13.8 Å². The summed E-state index contributed by atoms with van der Waals surface area (Å²) in [5.41, 5.74) is 3.70. The molecule has 0 saturated heterocycles. The highest BCUT2D eigenvalue weighted by Gasteiger charge is 2.17. The maximum absolute atomic E-state index is 13.0. The molecule has 0 aliphatic rings. The predicted molar refractivity (Wildman–Crippen MR) is 139 cm³/mol. The fraction of sp³-hybridized carbons (Fsp3) is 0.185. The molecule has 0 unspecified atom stereocenters. The van der Waals surface area contributed by atoms with Gasteiger partial charge in [-0.2, -0.15) is 0 Å². The largest absolute Gasteiger partial charge is 0.493 e. The molecule has 2 amide bonds. The molecule has 7 nitrogen and oxygen atoms in total. The van der Waals surface area contributed by atoms with Crippen LogP contribution in [-0.4, -0.2) is 30.1 Å². The quantitative estimate of drug-likeness (QED) is 0.326. The first-order valence-electron chi connectivity index (χ1n) is 11.1. The predicted octanol–water partition coefficient (Wildman–Crippen LogP) is 5.49. The van der Waals surface area contributed by atoms with E-state index in [1.54, 1.807) is 54.8 Å². The van der Waals surface area contributed by atoms with E-state index >= 15 is 0 Å². The summed E-state index contributed by atoms with van der Waals surface area (Å²) in [7, 11) is 1.55. The molecule has 0 bridgehead atoms. The number of carbonyl (C=O) groups excluding carboxylic acids is 2. The number of nitrogens with zero attached hydrogens (tertiary/aromatic N) is 1. The lowest BCUT2D eigenvalue weighted by molar-refractivity contribution is -0.118. The van der Waals surface area contributed by atoms with Gasteiger partial charge >= 0.3 is 0 Å². The molecule has 4 rings (SSSR count). The van der Waals surface area contributed by atoms with E-state index in [4.69, 9.17) is 9.47 Å². The van der Waals surface area contributed by atoms with Crippen LogP contribution in [0.3, 0.4) is 0 Å². The second kappa shape index (κ2) is 10.9. The molecule has 0 saturated carbocycles. The van der Waals surface area contributed by atoms with Crippen molar-refractivity contribution in [2.75, 3.05) is 24.4 Å². The number of anilines is 2. The molecule has 0 radical (unpaired) electrons. The second-order valence-electron chi connectivity index (χ2n) is 7.97. The summed E-state index contributed by atoms with van der Waals surface area (Å²) < 4.78 is 12.9. The normalized spacial score (nSPS) is 10.6. The average Bonchev–Trinajstić information content (AvgIpc) is 3.47. The van der Waals surface area contributed by atoms with Crippen molar-refractivity contribution in [2.45, 2.75) is 20.4 Å². The maximum atomic E-state index is 13.0. The summed E-state index contributed by atoms with van der Waals surface area (Å²) in [5, 5.41) is 7.78. The molecule has 4 aromatic rings. The highest BCUT2D eigenvalue weighted by atomic mass is 32.1. The van der Waals surface area contributed by atoms with E-state index in [9.17, 15) is 9.59 Å². The van der Waals surface area contributed by atoms with Crippen LogP contribution in [0.2, 0.25) is 0 Å². The van der Waals surface area contributed by atoms with Gasteiger partial charge in [-0.05, 0) is 61.7 Å². The summed E-state index contributed by atoms with van der Waals surface area (Å²) in [5.74, 6) is 0.526. The number of aryl methyl sites for hydroxylation is 1. The van der Waals surface area contributed by atoms with Crippen LogP contribution in [-0.2, 0) is 11.3 Å². The Labute approximate surface area is 208 Å². The topological polar surface area (TPSA) is 81.6 Å². The second-order valence-corrected chi connectivity index (χ2v) is 9.01. The fourth-order valence-corrected chi connectivity index (χ4v) is 4.48. The zero-order valence-corrected chi connectivity index (χ0v) is 20.6. The monoisotopic (exact) mass is 489 g/mol. The van der Waals surface area contributed by atoms with Gasteiger partial charge in [-0.1, -0.05) is 24.3 Å². The van der Waals surface area contributed by atoms with E-state index in [0.717, 1.165) is 17.9 Å². The first-order chi connectivity index (χ1) is 16.9. The highest BCUT2D eigenvalue weighted by molar-refractivity contribution is 7.09. The standard InChI is InChI=1S/C27H27N3O4S/c1-18-14-23(19(2)30(18)16-22-10-7-13-35-22)27(32)29-21-9-6-8-20(15-21)28-26(31)17-34-25-12-5-4-11-24(25)33-3/h4-15H,16-17H2,1-3H3,(H,28,31)(H,29,32). The van der Waals surface area contributed by atoms with Crippen molar-refractivity contribution in [1.29, 1.82) is 0 Å². The van der Waals surface area contributed by atoms with Gasteiger partial charge in [-0.15, -0.1) is 11.3 Å². The SMILES string of the molecule is COc1ccccc1OCC(=O)Nc1cccc(NC(=O)c2cc(C)n(Cc3cccs3)c2C)c1. The molecule has 0 aliphatic heterocycles. The lowest BCUT2D eigenvalue weighted by atomic mass is 10.2. The number of methoxy groups -OCH3 is 1. The highest BCUT2D eigenvalue weighted by Crippen LogP contribution is 2.26. The van der Waals surface area contributed by atoms with Gasteiger partial charge in [0.25, 0.3) is 11.8 Å². The number of carbonyl (C=O) groups is 2. The van der Waals surface area contributed by atoms with Crippen LogP contribution in [0.4, 0.5) is 11.4 Å². The minimum atomic E-state index is -0.323. The van der Waals surface area contributed by atoms with Crippen LogP contribution in [0.15, 0.2) is 72.1 Å². The third-order valence-corrected chi connectivity index (χ3v) is 6.41. The van der Waals surface area contributed by atoms with E-state index in [1.807, 2.05) is 43.5 Å². The molecule has 0 atom stereocenters. The summed E-state index contributed by atoms with van der Waals surface area (Å²) in [6, 6.07) is 20.2. The number of ether oxygens (including phenoxy) is 2. The smallest absolute Gasteiger partial charge is 0.262 e. The first-order valence-corrected chi connectivity index (χ1v) is 12.0. The number of nitrogens with one attached hydrogen (secondary N) is 2. The van der Waals surface area contributed by atoms with E-state index in [0.29, 0.717) is 28.4 Å². The molecule has 2 aromatic heterocycles. The van der Waals surface area contributed by atoms with E-state index in [-0.39, 0.29) is 18.4 Å². The van der Waals surface area contributed by atoms with Gasteiger partial charge in [0, 0.05) is 27.6 Å². The summed E-state index contributed by atoms with van der Waals surface area (Å²) in [4.78, 5) is 26.6.